The Balaban J connectivity index is 1.97. The maximum absolute atomic E-state index is 11.8. The lowest BCUT2D eigenvalue weighted by Gasteiger charge is -2.26. The van der Waals surface area contributed by atoms with Crippen LogP contribution in [0, 0.1) is 6.92 Å². The van der Waals surface area contributed by atoms with Crippen LogP contribution >= 0.6 is 11.8 Å². The Kier molecular flexibility index (Phi) is 3.54. The second-order valence-electron chi connectivity index (χ2n) is 5.26. The third-order valence-corrected chi connectivity index (χ3v) is 6.24. The van der Waals surface area contributed by atoms with Gasteiger partial charge in [-0.2, -0.15) is 0 Å². The fourth-order valence-electron chi connectivity index (χ4n) is 2.77. The van der Waals surface area contributed by atoms with Gasteiger partial charge in [0.15, 0.2) is 15.0 Å². The van der Waals surface area contributed by atoms with Gasteiger partial charge in [0.1, 0.15) is 0 Å². The van der Waals surface area contributed by atoms with E-state index in [4.69, 9.17) is 0 Å². The first-order chi connectivity index (χ1) is 9.50. The lowest BCUT2D eigenvalue weighted by Crippen LogP contribution is -2.39. The Bertz CT molecular complexity index is 638. The van der Waals surface area contributed by atoms with Gasteiger partial charge in [0.05, 0.1) is 23.6 Å². The summed E-state index contributed by atoms with van der Waals surface area (Å²) in [6, 6.07) is 8.08. The van der Waals surface area contributed by atoms with Crippen LogP contribution in [0.1, 0.15) is 12.5 Å². The number of anilines is 1. The van der Waals surface area contributed by atoms with Crippen LogP contribution in [0.15, 0.2) is 29.3 Å². The average Bonchev–Trinajstić information content (AvgIpc) is 2.82. The van der Waals surface area contributed by atoms with Crippen LogP contribution in [-0.4, -0.2) is 42.9 Å². The Morgan fingerprint density at radius 3 is 2.65 bits per heavy atom. The number of amidine groups is 1. The van der Waals surface area contributed by atoms with Gasteiger partial charge >= 0.3 is 0 Å². The summed E-state index contributed by atoms with van der Waals surface area (Å²) in [5.74, 6) is 1.34. The van der Waals surface area contributed by atoms with Crippen molar-refractivity contribution < 1.29 is 8.42 Å². The van der Waals surface area contributed by atoms with Crippen LogP contribution < -0.4 is 4.90 Å². The van der Waals surface area contributed by atoms with Gasteiger partial charge in [0.25, 0.3) is 0 Å². The number of sulfone groups is 1. The molecule has 1 aromatic carbocycles. The van der Waals surface area contributed by atoms with Gasteiger partial charge in [0.2, 0.25) is 0 Å². The maximum Gasteiger partial charge on any atom is 0.164 e. The molecule has 108 valence electrons. The van der Waals surface area contributed by atoms with E-state index >= 15 is 0 Å². The molecular formula is C14H18N2O2S2. The molecule has 0 saturated carbocycles. The van der Waals surface area contributed by atoms with E-state index in [0.717, 1.165) is 16.6 Å². The number of hydrogen-bond acceptors (Lipinski definition) is 5. The lowest BCUT2D eigenvalue weighted by molar-refractivity contribution is 0.601. The molecule has 0 bridgehead atoms. The Hall–Kier alpha value is -1.01. The minimum Gasteiger partial charge on any atom is -0.315 e. The van der Waals surface area contributed by atoms with Gasteiger partial charge in [-0.3, -0.25) is 4.99 Å². The maximum atomic E-state index is 11.8. The van der Waals surface area contributed by atoms with Crippen LogP contribution in [0.4, 0.5) is 5.69 Å². The summed E-state index contributed by atoms with van der Waals surface area (Å²) >= 11 is 1.68. The molecule has 4 nitrogen and oxygen atoms in total. The number of fused-ring (bicyclic) bond motifs is 1. The number of thioether (sulfide) groups is 1. The van der Waals surface area contributed by atoms with Gasteiger partial charge < -0.3 is 4.90 Å². The van der Waals surface area contributed by atoms with Gasteiger partial charge in [-0.25, -0.2) is 8.42 Å². The quantitative estimate of drug-likeness (QED) is 0.839. The van der Waals surface area contributed by atoms with Gasteiger partial charge in [-0.05, 0) is 24.8 Å². The van der Waals surface area contributed by atoms with Crippen LogP contribution in [0.25, 0.3) is 0 Å². The molecule has 0 radical (unpaired) electrons. The second-order valence-corrected chi connectivity index (χ2v) is 8.65. The first-order valence-electron chi connectivity index (χ1n) is 6.77. The number of rotatable bonds is 2. The van der Waals surface area contributed by atoms with Gasteiger partial charge in [0, 0.05) is 5.69 Å². The van der Waals surface area contributed by atoms with Crippen LogP contribution in [0.2, 0.25) is 0 Å². The molecule has 0 aliphatic carbocycles. The molecule has 0 aromatic heterocycles. The third-order valence-electron chi connectivity index (χ3n) is 3.69. The van der Waals surface area contributed by atoms with Crippen molar-refractivity contribution in [2.75, 3.05) is 22.2 Å². The number of nitrogens with zero attached hydrogens (tertiary/aromatic N) is 2. The van der Waals surface area contributed by atoms with E-state index in [1.165, 1.54) is 5.56 Å². The summed E-state index contributed by atoms with van der Waals surface area (Å²) in [6.45, 7) is 4.14. The molecule has 0 amide bonds. The monoisotopic (exact) mass is 310 g/mol. The average molecular weight is 310 g/mol. The molecule has 2 atom stereocenters. The lowest BCUT2D eigenvalue weighted by atomic mass is 10.1. The van der Waals surface area contributed by atoms with Crippen molar-refractivity contribution in [1.82, 2.24) is 0 Å². The van der Waals surface area contributed by atoms with Crippen molar-refractivity contribution in [1.29, 1.82) is 0 Å². The van der Waals surface area contributed by atoms with Crippen molar-refractivity contribution >= 4 is 32.5 Å². The molecule has 3 rings (SSSR count). The molecule has 1 fully saturated rings. The first kappa shape index (κ1) is 13.9. The zero-order chi connectivity index (χ0) is 14.3. The molecule has 2 heterocycles. The van der Waals surface area contributed by atoms with Crippen molar-refractivity contribution in [2.45, 2.75) is 25.9 Å². The summed E-state index contributed by atoms with van der Waals surface area (Å²) in [5, 5.41) is 0.959. The number of aliphatic imine (C=N–C) groups is 1. The summed E-state index contributed by atoms with van der Waals surface area (Å²) < 4.78 is 23.7. The minimum absolute atomic E-state index is 0.0308. The fourth-order valence-corrected chi connectivity index (χ4v) is 5.46. The predicted octanol–water partition coefficient (Wildman–Crippen LogP) is 2.09. The minimum atomic E-state index is -2.95. The molecule has 2 aliphatic rings. The van der Waals surface area contributed by atoms with E-state index in [1.807, 2.05) is 19.1 Å². The summed E-state index contributed by atoms with van der Waals surface area (Å²) in [5.41, 5.74) is 2.24. The molecule has 6 heteroatoms. The topological polar surface area (TPSA) is 49.7 Å². The summed E-state index contributed by atoms with van der Waals surface area (Å²) in [4.78, 5) is 6.76. The van der Waals surface area contributed by atoms with E-state index in [1.54, 1.807) is 11.8 Å². The van der Waals surface area contributed by atoms with E-state index in [2.05, 4.69) is 28.9 Å². The molecule has 2 aliphatic heterocycles. The van der Waals surface area contributed by atoms with Crippen molar-refractivity contribution in [3.8, 4) is 0 Å². The normalized spacial score (nSPS) is 27.5. The molecule has 0 spiro atoms. The van der Waals surface area contributed by atoms with Crippen molar-refractivity contribution in [3.05, 3.63) is 29.8 Å². The number of benzene rings is 1. The molecule has 1 saturated heterocycles. The van der Waals surface area contributed by atoms with E-state index in [-0.39, 0.29) is 23.6 Å². The smallest absolute Gasteiger partial charge is 0.164 e. The van der Waals surface area contributed by atoms with Crippen LogP contribution in [-0.2, 0) is 9.84 Å². The zero-order valence-corrected chi connectivity index (χ0v) is 13.2. The highest BCUT2D eigenvalue weighted by Crippen LogP contribution is 2.34. The predicted molar refractivity (Wildman–Crippen MR) is 85.5 cm³/mol. The largest absolute Gasteiger partial charge is 0.315 e. The molecule has 0 unspecified atom stereocenters. The summed E-state index contributed by atoms with van der Waals surface area (Å²) in [6.07, 6.45) is 0. The number of hydrogen-bond donors (Lipinski definition) is 0. The van der Waals surface area contributed by atoms with Crippen LogP contribution in [0.5, 0.6) is 0 Å². The molecule has 1 aromatic rings. The van der Waals surface area contributed by atoms with Gasteiger partial charge in [-0.15, -0.1) is 0 Å². The zero-order valence-electron chi connectivity index (χ0n) is 11.6. The van der Waals surface area contributed by atoms with Gasteiger partial charge in [-0.1, -0.05) is 36.4 Å². The SMILES string of the molecule is CCSC1=N[C@H]2CS(=O)(=O)C[C@H]2N1c1ccc(C)cc1. The highest BCUT2D eigenvalue weighted by atomic mass is 32.2. The summed E-state index contributed by atoms with van der Waals surface area (Å²) in [7, 11) is -2.95. The van der Waals surface area contributed by atoms with Crippen molar-refractivity contribution in [2.24, 2.45) is 4.99 Å². The Morgan fingerprint density at radius 2 is 2.00 bits per heavy atom. The molecule has 20 heavy (non-hydrogen) atoms. The van der Waals surface area contributed by atoms with Crippen molar-refractivity contribution in [3.63, 3.8) is 0 Å². The first-order valence-corrected chi connectivity index (χ1v) is 9.58. The van der Waals surface area contributed by atoms with E-state index in [0.29, 0.717) is 0 Å². The van der Waals surface area contributed by atoms with Crippen LogP contribution in [0.3, 0.4) is 0 Å². The highest BCUT2D eigenvalue weighted by Gasteiger charge is 2.46. The second kappa shape index (κ2) is 5.07. The standard InChI is InChI=1S/C14H18N2O2S2/c1-3-19-14-15-12-8-20(17,18)9-13(12)16(14)11-6-4-10(2)5-7-11/h4-7,12-13H,3,8-9H2,1-2H3/t12-,13+/m0/s1. The molecule has 0 N–H and O–H groups in total. The Labute approximate surface area is 124 Å². The molecular weight excluding hydrogens is 292 g/mol. The van der Waals surface area contributed by atoms with E-state index in [9.17, 15) is 8.42 Å². The highest BCUT2D eigenvalue weighted by molar-refractivity contribution is 8.14. The fraction of sp³-hybridized carbons (Fsp3) is 0.500. The number of aryl methyl sites for hydroxylation is 1. The Morgan fingerprint density at radius 1 is 1.30 bits per heavy atom. The van der Waals surface area contributed by atoms with E-state index < -0.39 is 9.84 Å². The third kappa shape index (κ3) is 2.46.